The number of allylic oxidation sites excluding steroid dienone is 3. The second-order valence-electron chi connectivity index (χ2n) is 7.49. The van der Waals surface area contributed by atoms with E-state index in [0.717, 1.165) is 29.7 Å². The lowest BCUT2D eigenvalue weighted by Gasteiger charge is -2.38. The quantitative estimate of drug-likeness (QED) is 0.830. The van der Waals surface area contributed by atoms with E-state index in [4.69, 9.17) is 10.5 Å². The number of ketones is 1. The summed E-state index contributed by atoms with van der Waals surface area (Å²) in [6.07, 6.45) is 1.97. The van der Waals surface area contributed by atoms with Crippen LogP contribution in [-0.4, -0.2) is 17.7 Å². The lowest BCUT2D eigenvalue weighted by molar-refractivity contribution is -0.116. The molecular formula is C24H22FN3O2. The molecule has 0 unspecified atom stereocenters. The third-order valence-corrected chi connectivity index (χ3v) is 5.71. The highest BCUT2D eigenvalue weighted by molar-refractivity contribution is 6.00. The third-order valence-electron chi connectivity index (χ3n) is 5.71. The average Bonchev–Trinajstić information content (AvgIpc) is 2.76. The first kappa shape index (κ1) is 19.7. The van der Waals surface area contributed by atoms with Crippen molar-refractivity contribution in [1.82, 2.24) is 4.90 Å². The second-order valence-corrected chi connectivity index (χ2v) is 7.49. The number of nitrogens with zero attached hydrogens (tertiary/aromatic N) is 2. The molecule has 0 saturated heterocycles. The summed E-state index contributed by atoms with van der Waals surface area (Å²) in [6.45, 7) is 0.241. The fraction of sp³-hybridized carbons (Fsp3) is 0.250. The van der Waals surface area contributed by atoms with Crippen molar-refractivity contribution in [3.05, 3.63) is 88.1 Å². The van der Waals surface area contributed by atoms with Crippen molar-refractivity contribution in [1.29, 1.82) is 5.26 Å². The fourth-order valence-corrected chi connectivity index (χ4v) is 4.17. The van der Waals surface area contributed by atoms with E-state index in [1.54, 1.807) is 24.1 Å². The van der Waals surface area contributed by atoms with Crippen LogP contribution in [0.25, 0.3) is 0 Å². The summed E-state index contributed by atoms with van der Waals surface area (Å²) in [5.41, 5.74) is 9.71. The Morgan fingerprint density at radius 2 is 1.93 bits per heavy atom. The van der Waals surface area contributed by atoms with Gasteiger partial charge in [0.1, 0.15) is 24.0 Å². The van der Waals surface area contributed by atoms with Gasteiger partial charge in [-0.15, -0.1) is 0 Å². The van der Waals surface area contributed by atoms with E-state index in [0.29, 0.717) is 29.1 Å². The normalized spacial score (nSPS) is 18.9. The molecule has 30 heavy (non-hydrogen) atoms. The maximum atomic E-state index is 13.2. The minimum absolute atomic E-state index is 0.0432. The number of carbonyl (C=O) groups excluding carboxylic acids is 1. The summed E-state index contributed by atoms with van der Waals surface area (Å²) in [5.74, 6) is 0.117. The van der Waals surface area contributed by atoms with Gasteiger partial charge in [-0.1, -0.05) is 30.3 Å². The fourth-order valence-electron chi connectivity index (χ4n) is 4.17. The van der Waals surface area contributed by atoms with Gasteiger partial charge in [0.2, 0.25) is 0 Å². The summed E-state index contributed by atoms with van der Waals surface area (Å²) < 4.78 is 19.2. The molecule has 1 heterocycles. The number of ether oxygens (including phenoxy) is 1. The van der Waals surface area contributed by atoms with Crippen LogP contribution in [0.1, 0.15) is 36.3 Å². The second kappa shape index (κ2) is 8.03. The maximum absolute atomic E-state index is 13.2. The summed E-state index contributed by atoms with van der Waals surface area (Å²) >= 11 is 0. The predicted molar refractivity (Wildman–Crippen MR) is 110 cm³/mol. The summed E-state index contributed by atoms with van der Waals surface area (Å²) in [5, 5.41) is 9.89. The average molecular weight is 403 g/mol. The largest absolute Gasteiger partial charge is 0.489 e. The number of halogens is 1. The monoisotopic (exact) mass is 403 g/mol. The standard InChI is InChI=1S/C24H22FN3O2/c1-28-19-6-4-7-20(29)23(19)22(18(13-26)24(28)27)17-5-2-3-8-21(17)30-14-15-9-11-16(25)12-10-15/h2-3,5,8-12,22H,4,6-7,14,27H2,1H3/t22-/m1/s1. The van der Waals surface area contributed by atoms with Crippen LogP contribution in [0.2, 0.25) is 0 Å². The number of hydrogen-bond acceptors (Lipinski definition) is 5. The molecule has 2 aromatic carbocycles. The molecule has 2 aromatic rings. The molecule has 0 radical (unpaired) electrons. The smallest absolute Gasteiger partial charge is 0.161 e. The Kier molecular flexibility index (Phi) is 5.28. The lowest BCUT2D eigenvalue weighted by atomic mass is 9.75. The summed E-state index contributed by atoms with van der Waals surface area (Å²) in [7, 11) is 1.80. The van der Waals surface area contributed by atoms with Crippen molar-refractivity contribution in [3.63, 3.8) is 0 Å². The van der Waals surface area contributed by atoms with Crippen LogP contribution in [0, 0.1) is 17.1 Å². The molecule has 2 N–H and O–H groups in total. The van der Waals surface area contributed by atoms with Crippen LogP contribution in [0.3, 0.4) is 0 Å². The minimum atomic E-state index is -0.557. The Labute approximate surface area is 174 Å². The number of Topliss-reactive ketones (excluding diaryl/α,β-unsaturated/α-hetero) is 1. The molecule has 4 rings (SSSR count). The van der Waals surface area contributed by atoms with Gasteiger partial charge < -0.3 is 15.4 Å². The van der Waals surface area contributed by atoms with Gasteiger partial charge in [0.15, 0.2) is 5.78 Å². The molecule has 0 aromatic heterocycles. The van der Waals surface area contributed by atoms with Gasteiger partial charge >= 0.3 is 0 Å². The van der Waals surface area contributed by atoms with Crippen molar-refractivity contribution >= 4 is 5.78 Å². The molecule has 152 valence electrons. The van der Waals surface area contributed by atoms with Crippen LogP contribution < -0.4 is 10.5 Å². The number of carbonyl (C=O) groups is 1. The molecule has 0 spiro atoms. The zero-order valence-electron chi connectivity index (χ0n) is 16.7. The number of nitrogens with two attached hydrogens (primary N) is 1. The third kappa shape index (κ3) is 3.43. The highest BCUT2D eigenvalue weighted by atomic mass is 19.1. The van der Waals surface area contributed by atoms with Gasteiger partial charge in [-0.2, -0.15) is 5.26 Å². The molecule has 5 nitrogen and oxygen atoms in total. The van der Waals surface area contributed by atoms with Crippen molar-refractivity contribution in [2.75, 3.05) is 7.05 Å². The van der Waals surface area contributed by atoms with E-state index < -0.39 is 5.92 Å². The SMILES string of the molecule is CN1C(N)=C(C#N)[C@@H](c2ccccc2OCc2ccc(F)cc2)C2=C1CCCC2=O. The molecule has 0 bridgehead atoms. The molecule has 6 heteroatoms. The molecule has 0 saturated carbocycles. The van der Waals surface area contributed by atoms with Crippen LogP contribution >= 0.6 is 0 Å². The van der Waals surface area contributed by atoms with Crippen LogP contribution in [0.15, 0.2) is 71.2 Å². The Morgan fingerprint density at radius 3 is 2.67 bits per heavy atom. The number of para-hydroxylation sites is 1. The molecule has 0 amide bonds. The van der Waals surface area contributed by atoms with Gasteiger partial charge in [0.05, 0.1) is 17.6 Å². The van der Waals surface area contributed by atoms with Gasteiger partial charge in [-0.25, -0.2) is 4.39 Å². The first-order chi connectivity index (χ1) is 14.5. The highest BCUT2D eigenvalue weighted by Gasteiger charge is 2.39. The van der Waals surface area contributed by atoms with Crippen LogP contribution in [-0.2, 0) is 11.4 Å². The highest BCUT2D eigenvalue weighted by Crippen LogP contribution is 2.46. The van der Waals surface area contributed by atoms with E-state index in [9.17, 15) is 14.4 Å². The number of benzene rings is 2. The van der Waals surface area contributed by atoms with Gasteiger partial charge in [0, 0.05) is 30.3 Å². The number of hydrogen-bond donors (Lipinski definition) is 1. The van der Waals surface area contributed by atoms with Crippen molar-refractivity contribution in [2.24, 2.45) is 5.73 Å². The molecule has 0 fully saturated rings. The van der Waals surface area contributed by atoms with Crippen molar-refractivity contribution in [3.8, 4) is 11.8 Å². The van der Waals surface area contributed by atoms with E-state index in [2.05, 4.69) is 6.07 Å². The minimum Gasteiger partial charge on any atom is -0.489 e. The van der Waals surface area contributed by atoms with Crippen LogP contribution in [0.5, 0.6) is 5.75 Å². The molecule has 1 aliphatic heterocycles. The van der Waals surface area contributed by atoms with Crippen LogP contribution in [0.4, 0.5) is 4.39 Å². The zero-order chi connectivity index (χ0) is 21.3. The van der Waals surface area contributed by atoms with Crippen molar-refractivity contribution in [2.45, 2.75) is 31.8 Å². The predicted octanol–water partition coefficient (Wildman–Crippen LogP) is 4.13. The molecule has 1 aliphatic carbocycles. The van der Waals surface area contributed by atoms with E-state index >= 15 is 0 Å². The van der Waals surface area contributed by atoms with E-state index in [1.807, 2.05) is 24.3 Å². The number of nitriles is 1. The lowest BCUT2D eigenvalue weighted by Crippen LogP contribution is -2.36. The Bertz CT molecular complexity index is 1100. The molecule has 2 aliphatic rings. The molecular weight excluding hydrogens is 381 g/mol. The topological polar surface area (TPSA) is 79.3 Å². The van der Waals surface area contributed by atoms with E-state index in [1.165, 1.54) is 12.1 Å². The van der Waals surface area contributed by atoms with E-state index in [-0.39, 0.29) is 18.2 Å². The Hall–Kier alpha value is -3.59. The zero-order valence-corrected chi connectivity index (χ0v) is 16.7. The first-order valence-corrected chi connectivity index (χ1v) is 9.87. The summed E-state index contributed by atoms with van der Waals surface area (Å²) in [6, 6.07) is 15.7. The van der Waals surface area contributed by atoms with Gasteiger partial charge in [-0.3, -0.25) is 4.79 Å². The first-order valence-electron chi connectivity index (χ1n) is 9.87. The molecule has 1 atom stereocenters. The summed E-state index contributed by atoms with van der Waals surface area (Å²) in [4.78, 5) is 14.7. The van der Waals surface area contributed by atoms with Gasteiger partial charge in [-0.05, 0) is 36.6 Å². The van der Waals surface area contributed by atoms with Crippen molar-refractivity contribution < 1.29 is 13.9 Å². The Balaban J connectivity index is 1.76. The Morgan fingerprint density at radius 1 is 1.20 bits per heavy atom. The maximum Gasteiger partial charge on any atom is 0.161 e. The number of rotatable bonds is 4. The van der Waals surface area contributed by atoms with Gasteiger partial charge in [0.25, 0.3) is 0 Å².